The molecule has 1 aromatic heterocycles. The van der Waals surface area contributed by atoms with Crippen LogP contribution in [0.15, 0.2) is 11.2 Å². The van der Waals surface area contributed by atoms with Gasteiger partial charge in [-0.15, -0.1) is 11.3 Å². The van der Waals surface area contributed by atoms with Crippen molar-refractivity contribution < 1.29 is 0 Å². The number of rotatable bonds is 9. The van der Waals surface area contributed by atoms with Crippen molar-refractivity contribution in [1.82, 2.24) is 20.5 Å². The second-order valence-corrected chi connectivity index (χ2v) is 7.77. The zero-order valence-electron chi connectivity index (χ0n) is 15.3. The van der Waals surface area contributed by atoms with Crippen LogP contribution in [0.3, 0.4) is 0 Å². The molecule has 136 valence electrons. The van der Waals surface area contributed by atoms with Gasteiger partial charge >= 0.3 is 0 Å². The van der Waals surface area contributed by atoms with E-state index in [0.29, 0.717) is 6.54 Å². The molecule has 0 radical (unpaired) electrons. The zero-order valence-corrected chi connectivity index (χ0v) is 16.1. The van der Waals surface area contributed by atoms with Crippen LogP contribution in [0.25, 0.3) is 0 Å². The van der Waals surface area contributed by atoms with Gasteiger partial charge in [-0.25, -0.2) is 9.98 Å². The summed E-state index contributed by atoms with van der Waals surface area (Å²) in [6.45, 7) is 10.6. The number of likely N-dealkylation sites (tertiary alicyclic amines) is 1. The van der Waals surface area contributed by atoms with Crippen molar-refractivity contribution in [2.24, 2.45) is 4.99 Å². The molecule has 1 aliphatic heterocycles. The fourth-order valence-electron chi connectivity index (χ4n) is 2.99. The first kappa shape index (κ1) is 19.2. The molecule has 1 aromatic rings. The molecule has 1 saturated heterocycles. The first-order chi connectivity index (χ1) is 11.8. The van der Waals surface area contributed by atoms with Crippen molar-refractivity contribution >= 4 is 17.3 Å². The molecule has 2 N–H and O–H groups in total. The molecule has 0 bridgehead atoms. The third-order valence-electron chi connectivity index (χ3n) is 4.28. The molecule has 1 fully saturated rings. The summed E-state index contributed by atoms with van der Waals surface area (Å²) < 4.78 is 0. The molecule has 0 spiro atoms. The Morgan fingerprint density at radius 1 is 1.21 bits per heavy atom. The van der Waals surface area contributed by atoms with Gasteiger partial charge in [0.05, 0.1) is 6.54 Å². The van der Waals surface area contributed by atoms with Crippen LogP contribution in [-0.2, 0) is 6.54 Å². The van der Waals surface area contributed by atoms with Gasteiger partial charge in [0.1, 0.15) is 5.01 Å². The summed E-state index contributed by atoms with van der Waals surface area (Å²) in [4.78, 5) is 12.9. The monoisotopic (exact) mass is 351 g/mol. The molecule has 0 aromatic carbocycles. The molecule has 0 aliphatic carbocycles. The number of aromatic nitrogens is 1. The van der Waals surface area contributed by atoms with E-state index in [1.807, 2.05) is 6.20 Å². The number of hydrogen-bond donors (Lipinski definition) is 2. The van der Waals surface area contributed by atoms with Crippen LogP contribution in [0.4, 0.5) is 0 Å². The van der Waals surface area contributed by atoms with Gasteiger partial charge in [-0.2, -0.15) is 0 Å². The van der Waals surface area contributed by atoms with E-state index >= 15 is 0 Å². The van der Waals surface area contributed by atoms with Crippen LogP contribution in [-0.4, -0.2) is 48.6 Å². The average Bonchev–Trinajstić information content (AvgIpc) is 3.02. The van der Waals surface area contributed by atoms with Crippen molar-refractivity contribution in [2.45, 2.75) is 58.9 Å². The molecule has 0 atom stereocenters. The summed E-state index contributed by atoms with van der Waals surface area (Å²) in [7, 11) is 0. The van der Waals surface area contributed by atoms with Gasteiger partial charge in [0, 0.05) is 24.2 Å². The Morgan fingerprint density at radius 2 is 2.04 bits per heavy atom. The predicted octanol–water partition coefficient (Wildman–Crippen LogP) is 3.16. The lowest BCUT2D eigenvalue weighted by atomic mass is 10.1. The lowest BCUT2D eigenvalue weighted by molar-refractivity contribution is 0.224. The van der Waals surface area contributed by atoms with Crippen LogP contribution in [0.2, 0.25) is 0 Å². The minimum atomic E-state index is 0.656. The van der Waals surface area contributed by atoms with E-state index in [2.05, 4.69) is 39.4 Å². The van der Waals surface area contributed by atoms with Crippen molar-refractivity contribution in [2.75, 3.05) is 32.7 Å². The number of unbranched alkanes of at least 4 members (excludes halogenated alkanes) is 2. The van der Waals surface area contributed by atoms with Crippen molar-refractivity contribution in [3.63, 3.8) is 0 Å². The van der Waals surface area contributed by atoms with E-state index in [9.17, 15) is 0 Å². The largest absolute Gasteiger partial charge is 0.357 e. The van der Waals surface area contributed by atoms with E-state index in [1.54, 1.807) is 11.3 Å². The second-order valence-electron chi connectivity index (χ2n) is 6.45. The van der Waals surface area contributed by atoms with E-state index in [1.165, 1.54) is 63.0 Å². The summed E-state index contributed by atoms with van der Waals surface area (Å²) >= 11 is 1.72. The Labute approximate surface area is 151 Å². The highest BCUT2D eigenvalue weighted by molar-refractivity contribution is 7.11. The SMILES string of the molecule is CCNC(=NCc1ncc(C)s1)NCCCCCN1CCCCC1. The van der Waals surface area contributed by atoms with E-state index in [0.717, 1.165) is 24.1 Å². The highest BCUT2D eigenvalue weighted by Crippen LogP contribution is 2.12. The van der Waals surface area contributed by atoms with Crippen LogP contribution in [0.5, 0.6) is 0 Å². The van der Waals surface area contributed by atoms with Gasteiger partial charge in [0.25, 0.3) is 0 Å². The Balaban J connectivity index is 1.58. The fourth-order valence-corrected chi connectivity index (χ4v) is 3.70. The quantitative estimate of drug-likeness (QED) is 0.408. The van der Waals surface area contributed by atoms with Gasteiger partial charge in [0.15, 0.2) is 5.96 Å². The highest BCUT2D eigenvalue weighted by atomic mass is 32.1. The normalized spacial score (nSPS) is 16.3. The zero-order chi connectivity index (χ0) is 17.0. The molecule has 2 heterocycles. The Hall–Kier alpha value is -1.14. The number of guanidine groups is 1. The standard InChI is InChI=1S/C18H33N5S/c1-3-19-18(22-15-17-21-14-16(2)24-17)20-10-6-4-7-11-23-12-8-5-9-13-23/h14H,3-13,15H2,1-2H3,(H2,19,20,22). The van der Waals surface area contributed by atoms with Gasteiger partial charge in [0.2, 0.25) is 0 Å². The number of piperidine rings is 1. The molecule has 0 saturated carbocycles. The number of aliphatic imine (C=N–C) groups is 1. The molecule has 0 unspecified atom stereocenters. The average molecular weight is 352 g/mol. The lowest BCUT2D eigenvalue weighted by Crippen LogP contribution is -2.37. The predicted molar refractivity (Wildman–Crippen MR) is 104 cm³/mol. The number of aryl methyl sites for hydroxylation is 1. The van der Waals surface area contributed by atoms with Crippen LogP contribution >= 0.6 is 11.3 Å². The number of nitrogens with one attached hydrogen (secondary N) is 2. The van der Waals surface area contributed by atoms with Gasteiger partial charge < -0.3 is 15.5 Å². The molecular weight excluding hydrogens is 318 g/mol. The van der Waals surface area contributed by atoms with E-state index in [4.69, 9.17) is 0 Å². The maximum atomic E-state index is 4.62. The molecule has 1 aliphatic rings. The van der Waals surface area contributed by atoms with E-state index in [-0.39, 0.29) is 0 Å². The van der Waals surface area contributed by atoms with E-state index < -0.39 is 0 Å². The summed E-state index contributed by atoms with van der Waals surface area (Å²) in [5, 5.41) is 7.82. The van der Waals surface area contributed by atoms with Crippen LogP contribution in [0, 0.1) is 6.92 Å². The summed E-state index contributed by atoms with van der Waals surface area (Å²) in [6.07, 6.45) is 9.92. The van der Waals surface area contributed by atoms with Crippen LogP contribution in [0.1, 0.15) is 55.3 Å². The summed E-state index contributed by atoms with van der Waals surface area (Å²) in [5.74, 6) is 0.904. The summed E-state index contributed by atoms with van der Waals surface area (Å²) in [5.41, 5.74) is 0. The number of thiazole rings is 1. The molecule has 2 rings (SSSR count). The minimum Gasteiger partial charge on any atom is -0.357 e. The topological polar surface area (TPSA) is 52.6 Å². The second kappa shape index (κ2) is 11.4. The molecule has 24 heavy (non-hydrogen) atoms. The Morgan fingerprint density at radius 3 is 2.75 bits per heavy atom. The van der Waals surface area contributed by atoms with Gasteiger partial charge in [-0.1, -0.05) is 12.8 Å². The van der Waals surface area contributed by atoms with Crippen molar-refractivity contribution in [3.05, 3.63) is 16.1 Å². The first-order valence-electron chi connectivity index (χ1n) is 9.44. The smallest absolute Gasteiger partial charge is 0.191 e. The minimum absolute atomic E-state index is 0.656. The molecule has 5 nitrogen and oxygen atoms in total. The van der Waals surface area contributed by atoms with Crippen molar-refractivity contribution in [1.29, 1.82) is 0 Å². The molecule has 6 heteroatoms. The molecular formula is C18H33N5S. The first-order valence-corrected chi connectivity index (χ1v) is 10.3. The third-order valence-corrected chi connectivity index (χ3v) is 5.18. The maximum absolute atomic E-state index is 4.62. The lowest BCUT2D eigenvalue weighted by Gasteiger charge is -2.26. The van der Waals surface area contributed by atoms with Gasteiger partial charge in [-0.3, -0.25) is 0 Å². The number of hydrogen-bond acceptors (Lipinski definition) is 4. The van der Waals surface area contributed by atoms with Crippen molar-refractivity contribution in [3.8, 4) is 0 Å². The Bertz CT molecular complexity index is 480. The Kier molecular flexibility index (Phi) is 9.13. The maximum Gasteiger partial charge on any atom is 0.191 e. The highest BCUT2D eigenvalue weighted by Gasteiger charge is 2.08. The summed E-state index contributed by atoms with van der Waals surface area (Å²) in [6, 6.07) is 0. The van der Waals surface area contributed by atoms with Crippen LogP contribution < -0.4 is 10.6 Å². The third kappa shape index (κ3) is 7.62. The molecule has 0 amide bonds. The van der Waals surface area contributed by atoms with Gasteiger partial charge in [-0.05, 0) is 59.2 Å². The number of nitrogens with zero attached hydrogens (tertiary/aromatic N) is 3. The fraction of sp³-hybridized carbons (Fsp3) is 0.778.